The van der Waals surface area contributed by atoms with Gasteiger partial charge in [0.25, 0.3) is 0 Å². The lowest BCUT2D eigenvalue weighted by Gasteiger charge is -2.25. The van der Waals surface area contributed by atoms with Crippen molar-refractivity contribution in [2.75, 3.05) is 0 Å². The largest absolute Gasteiger partial charge is 0.481 e. The standard InChI is InChI=1S/C12H11BrF2O2/c13-9-8(14)4-3-7(10(9)15)12(11(16)17)5-1-2-6-12/h3-4H,1-2,5-6H2,(H,16,17). The first-order valence-electron chi connectivity index (χ1n) is 5.36. The van der Waals surface area contributed by atoms with Gasteiger partial charge in [-0.3, -0.25) is 4.79 Å². The molecule has 1 aromatic rings. The summed E-state index contributed by atoms with van der Waals surface area (Å²) in [7, 11) is 0. The van der Waals surface area contributed by atoms with Crippen LogP contribution in [0.15, 0.2) is 16.6 Å². The third kappa shape index (κ3) is 1.86. The van der Waals surface area contributed by atoms with Crippen LogP contribution in [-0.2, 0) is 10.2 Å². The Balaban J connectivity index is 2.59. The van der Waals surface area contributed by atoms with E-state index in [4.69, 9.17) is 0 Å². The lowest BCUT2D eigenvalue weighted by atomic mass is 9.78. The van der Waals surface area contributed by atoms with E-state index in [1.54, 1.807) is 0 Å². The van der Waals surface area contributed by atoms with E-state index >= 15 is 0 Å². The Labute approximate surface area is 106 Å². The van der Waals surface area contributed by atoms with E-state index in [0.29, 0.717) is 12.8 Å². The van der Waals surface area contributed by atoms with Crippen molar-refractivity contribution in [1.82, 2.24) is 0 Å². The number of hydrogen-bond acceptors (Lipinski definition) is 1. The molecule has 92 valence electrons. The van der Waals surface area contributed by atoms with Crippen molar-refractivity contribution >= 4 is 21.9 Å². The van der Waals surface area contributed by atoms with E-state index in [0.717, 1.165) is 18.9 Å². The normalized spacial score (nSPS) is 18.3. The maximum absolute atomic E-state index is 14.0. The number of aliphatic carboxylic acids is 1. The Morgan fingerprint density at radius 3 is 2.41 bits per heavy atom. The summed E-state index contributed by atoms with van der Waals surface area (Å²) >= 11 is 2.81. The van der Waals surface area contributed by atoms with Crippen molar-refractivity contribution in [2.24, 2.45) is 0 Å². The van der Waals surface area contributed by atoms with Gasteiger partial charge >= 0.3 is 5.97 Å². The zero-order chi connectivity index (χ0) is 12.6. The number of halogens is 3. The fourth-order valence-electron chi connectivity index (χ4n) is 2.47. The third-order valence-corrected chi connectivity index (χ3v) is 4.14. The predicted molar refractivity (Wildman–Crippen MR) is 61.8 cm³/mol. The summed E-state index contributed by atoms with van der Waals surface area (Å²) in [5.41, 5.74) is -1.11. The summed E-state index contributed by atoms with van der Waals surface area (Å²) in [6.45, 7) is 0. The molecular formula is C12H11BrF2O2. The third-order valence-electron chi connectivity index (χ3n) is 3.42. The first-order chi connectivity index (χ1) is 7.99. The van der Waals surface area contributed by atoms with Gasteiger partial charge in [-0.2, -0.15) is 0 Å². The molecule has 0 unspecified atom stereocenters. The molecule has 0 atom stereocenters. The molecule has 0 saturated heterocycles. The minimum Gasteiger partial charge on any atom is -0.481 e. The number of carboxylic acids is 1. The zero-order valence-corrected chi connectivity index (χ0v) is 10.6. The highest BCUT2D eigenvalue weighted by atomic mass is 79.9. The van der Waals surface area contributed by atoms with E-state index in [-0.39, 0.29) is 10.0 Å². The molecule has 0 aliphatic heterocycles. The predicted octanol–water partition coefficient (Wildman–Crippen LogP) is 3.62. The monoisotopic (exact) mass is 304 g/mol. The smallest absolute Gasteiger partial charge is 0.314 e. The molecule has 0 bridgehead atoms. The summed E-state index contributed by atoms with van der Waals surface area (Å²) in [6, 6.07) is 2.35. The summed E-state index contributed by atoms with van der Waals surface area (Å²) < 4.78 is 26.8. The average molecular weight is 305 g/mol. The average Bonchev–Trinajstić information content (AvgIpc) is 2.76. The SMILES string of the molecule is O=C(O)C1(c2ccc(F)c(Br)c2F)CCCC1. The fraction of sp³-hybridized carbons (Fsp3) is 0.417. The summed E-state index contributed by atoms with van der Waals surface area (Å²) in [6.07, 6.45) is 2.30. The molecule has 17 heavy (non-hydrogen) atoms. The van der Waals surface area contributed by atoms with Crippen molar-refractivity contribution in [2.45, 2.75) is 31.1 Å². The van der Waals surface area contributed by atoms with Gasteiger partial charge < -0.3 is 5.11 Å². The lowest BCUT2D eigenvalue weighted by Crippen LogP contribution is -2.33. The van der Waals surface area contributed by atoms with Crippen LogP contribution >= 0.6 is 15.9 Å². The number of benzene rings is 1. The molecule has 0 heterocycles. The Morgan fingerprint density at radius 1 is 1.29 bits per heavy atom. The fourth-order valence-corrected chi connectivity index (χ4v) is 2.82. The summed E-state index contributed by atoms with van der Waals surface area (Å²) in [5.74, 6) is -2.55. The molecule has 2 rings (SSSR count). The number of rotatable bonds is 2. The van der Waals surface area contributed by atoms with Gasteiger partial charge in [0.05, 0.1) is 9.89 Å². The van der Waals surface area contributed by atoms with Crippen LogP contribution in [0.4, 0.5) is 8.78 Å². The second-order valence-corrected chi connectivity index (χ2v) is 5.11. The quantitative estimate of drug-likeness (QED) is 0.847. The summed E-state index contributed by atoms with van der Waals surface area (Å²) in [5, 5.41) is 9.33. The molecule has 2 nitrogen and oxygen atoms in total. The van der Waals surface area contributed by atoms with Crippen LogP contribution in [0.25, 0.3) is 0 Å². The van der Waals surface area contributed by atoms with E-state index in [9.17, 15) is 18.7 Å². The first kappa shape index (κ1) is 12.5. The molecule has 1 aliphatic rings. The van der Waals surface area contributed by atoms with Crippen molar-refractivity contribution in [3.05, 3.63) is 33.8 Å². The highest BCUT2D eigenvalue weighted by molar-refractivity contribution is 9.10. The number of carboxylic acid groups (broad SMARTS) is 1. The maximum atomic E-state index is 14.0. The van der Waals surface area contributed by atoms with Crippen molar-refractivity contribution < 1.29 is 18.7 Å². The van der Waals surface area contributed by atoms with Gasteiger partial charge in [-0.15, -0.1) is 0 Å². The van der Waals surface area contributed by atoms with Gasteiger partial charge in [0.2, 0.25) is 0 Å². The van der Waals surface area contributed by atoms with E-state index in [2.05, 4.69) is 15.9 Å². The molecule has 1 saturated carbocycles. The van der Waals surface area contributed by atoms with Crippen molar-refractivity contribution in [3.8, 4) is 0 Å². The Kier molecular flexibility index (Phi) is 3.21. The van der Waals surface area contributed by atoms with Crippen LogP contribution in [-0.4, -0.2) is 11.1 Å². The van der Waals surface area contributed by atoms with E-state index in [1.807, 2.05) is 0 Å². The van der Waals surface area contributed by atoms with Gasteiger partial charge in [0, 0.05) is 5.56 Å². The highest BCUT2D eigenvalue weighted by Gasteiger charge is 2.45. The van der Waals surface area contributed by atoms with Gasteiger partial charge in [0.1, 0.15) is 11.6 Å². The van der Waals surface area contributed by atoms with Crippen LogP contribution in [0, 0.1) is 11.6 Å². The lowest BCUT2D eigenvalue weighted by molar-refractivity contribution is -0.143. The molecule has 1 aromatic carbocycles. The van der Waals surface area contributed by atoms with Gasteiger partial charge in [-0.05, 0) is 34.8 Å². The molecule has 0 radical (unpaired) electrons. The van der Waals surface area contributed by atoms with Gasteiger partial charge in [-0.25, -0.2) is 8.78 Å². The van der Waals surface area contributed by atoms with Crippen LogP contribution in [0.2, 0.25) is 0 Å². The molecule has 1 N–H and O–H groups in total. The summed E-state index contributed by atoms with van der Waals surface area (Å²) in [4.78, 5) is 11.4. The second kappa shape index (κ2) is 4.37. The molecular weight excluding hydrogens is 294 g/mol. The van der Waals surface area contributed by atoms with Crippen LogP contribution in [0.3, 0.4) is 0 Å². The van der Waals surface area contributed by atoms with Gasteiger partial charge in [0.15, 0.2) is 0 Å². The molecule has 1 aliphatic carbocycles. The highest BCUT2D eigenvalue weighted by Crippen LogP contribution is 2.43. The maximum Gasteiger partial charge on any atom is 0.314 e. The van der Waals surface area contributed by atoms with Crippen molar-refractivity contribution in [1.29, 1.82) is 0 Å². The topological polar surface area (TPSA) is 37.3 Å². The first-order valence-corrected chi connectivity index (χ1v) is 6.16. The van der Waals surface area contributed by atoms with E-state index in [1.165, 1.54) is 6.07 Å². The number of hydrogen-bond donors (Lipinski definition) is 1. The molecule has 5 heteroatoms. The molecule has 1 fully saturated rings. The van der Waals surface area contributed by atoms with E-state index < -0.39 is 23.0 Å². The minimum atomic E-state index is -1.19. The Morgan fingerprint density at radius 2 is 1.88 bits per heavy atom. The van der Waals surface area contributed by atoms with Crippen LogP contribution < -0.4 is 0 Å². The second-order valence-electron chi connectivity index (χ2n) is 4.32. The van der Waals surface area contributed by atoms with Gasteiger partial charge in [-0.1, -0.05) is 18.9 Å². The van der Waals surface area contributed by atoms with Crippen LogP contribution in [0.1, 0.15) is 31.2 Å². The molecule has 0 aromatic heterocycles. The molecule has 0 spiro atoms. The van der Waals surface area contributed by atoms with Crippen molar-refractivity contribution in [3.63, 3.8) is 0 Å². The Hall–Kier alpha value is -0.970. The minimum absolute atomic E-state index is 0.0794. The van der Waals surface area contributed by atoms with Crippen LogP contribution in [0.5, 0.6) is 0 Å². The molecule has 0 amide bonds. The zero-order valence-electron chi connectivity index (χ0n) is 8.97. The number of carbonyl (C=O) groups is 1. The Bertz CT molecular complexity index is 468.